The van der Waals surface area contributed by atoms with E-state index >= 15 is 0 Å². The number of para-hydroxylation sites is 1. The van der Waals surface area contributed by atoms with E-state index in [2.05, 4.69) is 12.2 Å². The maximum atomic E-state index is 13.5. The molecule has 0 aliphatic rings. The summed E-state index contributed by atoms with van der Waals surface area (Å²) in [6.07, 6.45) is 2.96. The van der Waals surface area contributed by atoms with Gasteiger partial charge in [0.05, 0.1) is 5.02 Å². The van der Waals surface area contributed by atoms with Crippen molar-refractivity contribution in [2.75, 3.05) is 13.2 Å². The van der Waals surface area contributed by atoms with Crippen LogP contribution in [0.15, 0.2) is 78.9 Å². The first-order chi connectivity index (χ1) is 17.0. The zero-order valence-corrected chi connectivity index (χ0v) is 21.3. The standard InChI is InChI=1S/C28H30Cl2N2O3/c1-2-3-9-18-31-28(34)27(22-10-5-4-6-11-22)32(19-21-14-16-23(29)17-15-21)26(33)20-35-25-13-8-7-12-24(25)30/h4-8,10-17,27H,2-3,9,18-20H2,1H3,(H,31,34)/t27-/m0/s1. The second-order valence-corrected chi connectivity index (χ2v) is 9.02. The van der Waals surface area contributed by atoms with Gasteiger partial charge in [-0.15, -0.1) is 0 Å². The predicted octanol–water partition coefficient (Wildman–Crippen LogP) is 6.45. The fourth-order valence-corrected chi connectivity index (χ4v) is 4.00. The average molecular weight is 513 g/mol. The molecule has 184 valence electrons. The van der Waals surface area contributed by atoms with Crippen LogP contribution in [0.1, 0.15) is 43.4 Å². The molecule has 0 spiro atoms. The zero-order chi connectivity index (χ0) is 25.0. The Hall–Kier alpha value is -3.02. The van der Waals surface area contributed by atoms with Crippen molar-refractivity contribution in [2.45, 2.75) is 38.8 Å². The number of carbonyl (C=O) groups excluding carboxylic acids is 2. The van der Waals surface area contributed by atoms with Gasteiger partial charge in [-0.2, -0.15) is 0 Å². The van der Waals surface area contributed by atoms with Crippen LogP contribution < -0.4 is 10.1 Å². The molecule has 0 saturated carbocycles. The first-order valence-electron chi connectivity index (χ1n) is 11.7. The summed E-state index contributed by atoms with van der Waals surface area (Å²) < 4.78 is 5.74. The van der Waals surface area contributed by atoms with E-state index in [1.54, 1.807) is 41.3 Å². The minimum atomic E-state index is -0.823. The Morgan fingerprint density at radius 3 is 2.29 bits per heavy atom. The van der Waals surface area contributed by atoms with E-state index < -0.39 is 6.04 Å². The lowest BCUT2D eigenvalue weighted by atomic mass is 10.0. The second kappa shape index (κ2) is 13.8. The van der Waals surface area contributed by atoms with Crippen LogP contribution in [0.25, 0.3) is 0 Å². The molecule has 0 bridgehead atoms. The average Bonchev–Trinajstić information content (AvgIpc) is 2.87. The Kier molecular flexibility index (Phi) is 10.5. The van der Waals surface area contributed by atoms with Gasteiger partial charge in [0.15, 0.2) is 6.61 Å². The minimum Gasteiger partial charge on any atom is -0.482 e. The highest BCUT2D eigenvalue weighted by Crippen LogP contribution is 2.26. The van der Waals surface area contributed by atoms with E-state index in [0.717, 1.165) is 30.4 Å². The number of hydrogen-bond acceptors (Lipinski definition) is 3. The van der Waals surface area contributed by atoms with Crippen LogP contribution in [0.5, 0.6) is 5.75 Å². The Morgan fingerprint density at radius 1 is 0.914 bits per heavy atom. The number of rotatable bonds is 12. The van der Waals surface area contributed by atoms with Crippen LogP contribution in [0.3, 0.4) is 0 Å². The minimum absolute atomic E-state index is 0.212. The van der Waals surface area contributed by atoms with Crippen LogP contribution in [-0.4, -0.2) is 29.9 Å². The molecule has 0 heterocycles. The normalized spacial score (nSPS) is 11.5. The molecule has 0 aliphatic heterocycles. The van der Waals surface area contributed by atoms with Gasteiger partial charge in [-0.3, -0.25) is 9.59 Å². The van der Waals surface area contributed by atoms with E-state index in [-0.39, 0.29) is 25.0 Å². The Balaban J connectivity index is 1.90. The van der Waals surface area contributed by atoms with Gasteiger partial charge in [-0.25, -0.2) is 0 Å². The highest BCUT2D eigenvalue weighted by Gasteiger charge is 2.31. The molecule has 3 aromatic carbocycles. The monoisotopic (exact) mass is 512 g/mol. The van der Waals surface area contributed by atoms with Crippen LogP contribution in [0, 0.1) is 0 Å². The van der Waals surface area contributed by atoms with E-state index in [1.807, 2.05) is 42.5 Å². The molecule has 1 N–H and O–H groups in total. The van der Waals surface area contributed by atoms with Crippen LogP contribution in [0.2, 0.25) is 10.0 Å². The maximum absolute atomic E-state index is 13.5. The molecule has 0 fully saturated rings. The summed E-state index contributed by atoms with van der Waals surface area (Å²) in [5, 5.41) is 4.03. The number of ether oxygens (including phenoxy) is 1. The number of unbranched alkanes of at least 4 members (excludes halogenated alkanes) is 2. The molecule has 1 atom stereocenters. The first-order valence-corrected chi connectivity index (χ1v) is 12.5. The third-order valence-electron chi connectivity index (χ3n) is 5.53. The van der Waals surface area contributed by atoms with Crippen molar-refractivity contribution in [3.63, 3.8) is 0 Å². The summed E-state index contributed by atoms with van der Waals surface area (Å²) in [4.78, 5) is 28.5. The largest absolute Gasteiger partial charge is 0.482 e. The summed E-state index contributed by atoms with van der Waals surface area (Å²) in [5.74, 6) is -0.154. The third-order valence-corrected chi connectivity index (χ3v) is 6.09. The van der Waals surface area contributed by atoms with E-state index in [0.29, 0.717) is 22.3 Å². The van der Waals surface area contributed by atoms with Crippen LogP contribution in [-0.2, 0) is 16.1 Å². The van der Waals surface area contributed by atoms with Crippen LogP contribution >= 0.6 is 23.2 Å². The maximum Gasteiger partial charge on any atom is 0.261 e. The molecule has 0 saturated heterocycles. The SMILES string of the molecule is CCCCCNC(=O)[C@H](c1ccccc1)N(Cc1ccc(Cl)cc1)C(=O)COc1ccccc1Cl. The van der Waals surface area contributed by atoms with Crippen molar-refractivity contribution >= 4 is 35.0 Å². The molecule has 0 aliphatic carbocycles. The van der Waals surface area contributed by atoms with Gasteiger partial charge in [0, 0.05) is 18.1 Å². The predicted molar refractivity (Wildman–Crippen MR) is 141 cm³/mol. The smallest absolute Gasteiger partial charge is 0.261 e. The van der Waals surface area contributed by atoms with Gasteiger partial charge in [0.25, 0.3) is 5.91 Å². The summed E-state index contributed by atoms with van der Waals surface area (Å²) in [5.41, 5.74) is 1.57. The van der Waals surface area contributed by atoms with Gasteiger partial charge in [-0.1, -0.05) is 97.6 Å². The van der Waals surface area contributed by atoms with Gasteiger partial charge >= 0.3 is 0 Å². The highest BCUT2D eigenvalue weighted by molar-refractivity contribution is 6.32. The molecule has 2 amide bonds. The van der Waals surface area contributed by atoms with E-state index in [4.69, 9.17) is 27.9 Å². The van der Waals surface area contributed by atoms with E-state index in [9.17, 15) is 9.59 Å². The van der Waals surface area contributed by atoms with Gasteiger partial charge < -0.3 is 15.0 Å². The van der Waals surface area contributed by atoms with Gasteiger partial charge in [-0.05, 0) is 41.8 Å². The lowest BCUT2D eigenvalue weighted by molar-refractivity contribution is -0.143. The fraction of sp³-hybridized carbons (Fsp3) is 0.286. The number of nitrogens with zero attached hydrogens (tertiary/aromatic N) is 1. The lowest BCUT2D eigenvalue weighted by Crippen LogP contribution is -2.45. The molecule has 35 heavy (non-hydrogen) atoms. The number of nitrogens with one attached hydrogen (secondary N) is 1. The van der Waals surface area contributed by atoms with Crippen molar-refractivity contribution in [2.24, 2.45) is 0 Å². The number of carbonyl (C=O) groups is 2. The number of amides is 2. The lowest BCUT2D eigenvalue weighted by Gasteiger charge is -2.31. The Bertz CT molecular complexity index is 1090. The molecular formula is C28H30Cl2N2O3. The summed E-state index contributed by atoms with van der Waals surface area (Å²) in [6.45, 7) is 2.61. The molecule has 3 aromatic rings. The number of benzene rings is 3. The van der Waals surface area contributed by atoms with Crippen LogP contribution in [0.4, 0.5) is 0 Å². The second-order valence-electron chi connectivity index (χ2n) is 8.18. The molecule has 0 unspecified atom stereocenters. The molecule has 0 radical (unpaired) electrons. The number of halogens is 2. The summed E-state index contributed by atoms with van der Waals surface area (Å²) in [7, 11) is 0. The molecule has 5 nitrogen and oxygen atoms in total. The van der Waals surface area contributed by atoms with E-state index in [1.165, 1.54) is 0 Å². The molecule has 3 rings (SSSR count). The summed E-state index contributed by atoms with van der Waals surface area (Å²) in [6, 6.07) is 22.7. The Labute approximate surface area is 217 Å². The van der Waals surface area contributed by atoms with Gasteiger partial charge in [0.1, 0.15) is 11.8 Å². The molecule has 7 heteroatoms. The van der Waals surface area contributed by atoms with Crippen molar-refractivity contribution in [1.82, 2.24) is 10.2 Å². The van der Waals surface area contributed by atoms with Gasteiger partial charge in [0.2, 0.25) is 5.91 Å². The fourth-order valence-electron chi connectivity index (χ4n) is 3.69. The van der Waals surface area contributed by atoms with Crippen molar-refractivity contribution in [1.29, 1.82) is 0 Å². The van der Waals surface area contributed by atoms with Crippen molar-refractivity contribution < 1.29 is 14.3 Å². The first kappa shape index (κ1) is 26.6. The topological polar surface area (TPSA) is 58.6 Å². The summed E-state index contributed by atoms with van der Waals surface area (Å²) >= 11 is 12.3. The molecule has 0 aromatic heterocycles. The third kappa shape index (κ3) is 8.01. The number of hydrogen-bond donors (Lipinski definition) is 1. The highest BCUT2D eigenvalue weighted by atomic mass is 35.5. The molecular weight excluding hydrogens is 483 g/mol. The zero-order valence-electron chi connectivity index (χ0n) is 19.8. The van der Waals surface area contributed by atoms with Crippen molar-refractivity contribution in [3.05, 3.63) is 100 Å². The van der Waals surface area contributed by atoms with Crippen molar-refractivity contribution in [3.8, 4) is 5.75 Å². The quantitative estimate of drug-likeness (QED) is 0.283. The Morgan fingerprint density at radius 2 is 1.60 bits per heavy atom.